The lowest BCUT2D eigenvalue weighted by atomic mass is 10.1. The average Bonchev–Trinajstić information content (AvgIpc) is 2.84. The number of carbonyl (C=O) groups is 1. The molecule has 4 nitrogen and oxygen atoms in total. The Balaban J connectivity index is 1.76. The minimum atomic E-state index is 0.00950. The lowest BCUT2D eigenvalue weighted by molar-refractivity contribution is -0.133. The van der Waals surface area contributed by atoms with Gasteiger partial charge < -0.3 is 15.0 Å². The molecule has 0 saturated carbocycles. The van der Waals surface area contributed by atoms with Crippen LogP contribution in [0.5, 0.6) is 5.75 Å². The van der Waals surface area contributed by atoms with Gasteiger partial charge in [-0.3, -0.25) is 4.79 Å². The van der Waals surface area contributed by atoms with E-state index in [-0.39, 0.29) is 11.9 Å². The Morgan fingerprint density at radius 3 is 3.11 bits per heavy atom. The maximum absolute atomic E-state index is 12.4. The van der Waals surface area contributed by atoms with Crippen LogP contribution in [0.1, 0.15) is 18.4 Å². The van der Waals surface area contributed by atoms with Crippen molar-refractivity contribution in [3.05, 3.63) is 29.8 Å². The van der Waals surface area contributed by atoms with Crippen LogP contribution in [0.3, 0.4) is 0 Å². The van der Waals surface area contributed by atoms with E-state index in [1.165, 1.54) is 0 Å². The van der Waals surface area contributed by atoms with Crippen LogP contribution in [0.25, 0.3) is 0 Å². The number of rotatable bonds is 1. The lowest BCUT2D eigenvalue weighted by Crippen LogP contribution is -2.44. The Morgan fingerprint density at radius 2 is 2.28 bits per heavy atom. The third kappa shape index (κ3) is 2.20. The van der Waals surface area contributed by atoms with Crippen molar-refractivity contribution >= 4 is 5.91 Å². The molecule has 0 radical (unpaired) electrons. The Morgan fingerprint density at radius 1 is 1.39 bits per heavy atom. The molecule has 1 fully saturated rings. The summed E-state index contributed by atoms with van der Waals surface area (Å²) in [7, 11) is 0. The summed E-state index contributed by atoms with van der Waals surface area (Å²) in [6.45, 7) is 2.87. The van der Waals surface area contributed by atoms with E-state index in [0.29, 0.717) is 19.7 Å². The second-order valence-electron chi connectivity index (χ2n) is 4.86. The van der Waals surface area contributed by atoms with E-state index in [1.807, 2.05) is 29.2 Å². The molecule has 1 N–H and O–H groups in total. The van der Waals surface area contributed by atoms with E-state index in [2.05, 4.69) is 5.32 Å². The highest BCUT2D eigenvalue weighted by Crippen LogP contribution is 2.23. The van der Waals surface area contributed by atoms with Crippen LogP contribution in [0.2, 0.25) is 0 Å². The van der Waals surface area contributed by atoms with Gasteiger partial charge in [0.15, 0.2) is 0 Å². The zero-order valence-corrected chi connectivity index (χ0v) is 10.4. The molecule has 18 heavy (non-hydrogen) atoms. The minimum absolute atomic E-state index is 0.00950. The van der Waals surface area contributed by atoms with Crippen LogP contribution >= 0.6 is 0 Å². The predicted octanol–water partition coefficient (Wildman–Crippen LogP) is 1.16. The summed E-state index contributed by atoms with van der Waals surface area (Å²) in [6, 6.07) is 7.97. The molecule has 4 heteroatoms. The molecule has 1 amide bonds. The minimum Gasteiger partial charge on any atom is -0.491 e. The van der Waals surface area contributed by atoms with Crippen molar-refractivity contribution < 1.29 is 9.53 Å². The molecule has 0 aromatic heterocycles. The molecule has 2 aliphatic heterocycles. The summed E-state index contributed by atoms with van der Waals surface area (Å²) in [5.41, 5.74) is 1.10. The first-order valence-electron chi connectivity index (χ1n) is 6.57. The molecule has 1 saturated heterocycles. The van der Waals surface area contributed by atoms with Gasteiger partial charge in [-0.15, -0.1) is 0 Å². The molecule has 0 bridgehead atoms. The first-order valence-corrected chi connectivity index (χ1v) is 6.57. The summed E-state index contributed by atoms with van der Waals surface area (Å²) in [5.74, 6) is 1.12. The predicted molar refractivity (Wildman–Crippen MR) is 68.4 cm³/mol. The number of fused-ring (bicyclic) bond motifs is 1. The summed E-state index contributed by atoms with van der Waals surface area (Å²) >= 11 is 0. The number of hydrogen-bond donors (Lipinski definition) is 1. The van der Waals surface area contributed by atoms with Gasteiger partial charge >= 0.3 is 0 Å². The van der Waals surface area contributed by atoms with Gasteiger partial charge in [-0.1, -0.05) is 18.2 Å². The zero-order valence-electron chi connectivity index (χ0n) is 10.4. The number of nitrogens with zero attached hydrogens (tertiary/aromatic N) is 1. The zero-order chi connectivity index (χ0) is 12.4. The summed E-state index contributed by atoms with van der Waals surface area (Å²) < 4.78 is 5.68. The van der Waals surface area contributed by atoms with E-state index >= 15 is 0 Å². The topological polar surface area (TPSA) is 41.6 Å². The molecule has 1 aromatic carbocycles. The van der Waals surface area contributed by atoms with Gasteiger partial charge in [-0.05, 0) is 25.5 Å². The first-order chi connectivity index (χ1) is 8.84. The fraction of sp³-hybridized carbons (Fsp3) is 0.500. The number of ether oxygens (including phenoxy) is 1. The van der Waals surface area contributed by atoms with Crippen LogP contribution in [-0.2, 0) is 11.3 Å². The van der Waals surface area contributed by atoms with Gasteiger partial charge in [0.05, 0.1) is 12.6 Å². The molecule has 3 rings (SSSR count). The smallest absolute Gasteiger partial charge is 0.240 e. The normalized spacial score (nSPS) is 23.1. The largest absolute Gasteiger partial charge is 0.491 e. The van der Waals surface area contributed by atoms with E-state index in [9.17, 15) is 4.79 Å². The highest BCUT2D eigenvalue weighted by Gasteiger charge is 2.28. The van der Waals surface area contributed by atoms with Gasteiger partial charge in [0.1, 0.15) is 12.4 Å². The third-order valence-electron chi connectivity index (χ3n) is 3.62. The number of para-hydroxylation sites is 1. The summed E-state index contributed by atoms with van der Waals surface area (Å²) in [4.78, 5) is 14.3. The third-order valence-corrected chi connectivity index (χ3v) is 3.62. The van der Waals surface area contributed by atoms with Crippen molar-refractivity contribution in [2.24, 2.45) is 0 Å². The van der Waals surface area contributed by atoms with Crippen molar-refractivity contribution in [1.29, 1.82) is 0 Å². The van der Waals surface area contributed by atoms with Crippen LogP contribution in [0.15, 0.2) is 24.3 Å². The second kappa shape index (κ2) is 4.98. The Kier molecular flexibility index (Phi) is 3.19. The monoisotopic (exact) mass is 246 g/mol. The number of nitrogens with one attached hydrogen (secondary N) is 1. The molecule has 0 unspecified atom stereocenters. The second-order valence-corrected chi connectivity index (χ2v) is 4.86. The van der Waals surface area contributed by atoms with E-state index < -0.39 is 0 Å². The summed E-state index contributed by atoms with van der Waals surface area (Å²) in [5, 5.41) is 3.27. The van der Waals surface area contributed by atoms with Gasteiger partial charge in [-0.25, -0.2) is 0 Å². The van der Waals surface area contributed by atoms with Crippen LogP contribution < -0.4 is 10.1 Å². The van der Waals surface area contributed by atoms with Gasteiger partial charge in [0, 0.05) is 12.1 Å². The van der Waals surface area contributed by atoms with Crippen molar-refractivity contribution in [3.63, 3.8) is 0 Å². The number of benzene rings is 1. The molecule has 2 heterocycles. The van der Waals surface area contributed by atoms with Crippen molar-refractivity contribution in [2.45, 2.75) is 25.4 Å². The van der Waals surface area contributed by atoms with E-state index in [1.54, 1.807) is 0 Å². The standard InChI is InChI=1S/C14H18N2O2/c17-14(12-5-3-7-15-12)16-8-9-18-13-6-2-1-4-11(13)10-16/h1-2,4,6,12,15H,3,5,7-10H2/t12-/m0/s1. The molecule has 1 atom stereocenters. The number of amides is 1. The molecule has 1 aromatic rings. The quantitative estimate of drug-likeness (QED) is 0.808. The van der Waals surface area contributed by atoms with Gasteiger partial charge in [-0.2, -0.15) is 0 Å². The average molecular weight is 246 g/mol. The van der Waals surface area contributed by atoms with Gasteiger partial charge in [0.25, 0.3) is 0 Å². The molecule has 96 valence electrons. The van der Waals surface area contributed by atoms with Crippen molar-refractivity contribution in [1.82, 2.24) is 10.2 Å². The molecular formula is C14H18N2O2. The molecular weight excluding hydrogens is 228 g/mol. The van der Waals surface area contributed by atoms with Crippen LogP contribution in [0.4, 0.5) is 0 Å². The van der Waals surface area contributed by atoms with E-state index in [4.69, 9.17) is 4.74 Å². The van der Waals surface area contributed by atoms with Crippen molar-refractivity contribution in [3.8, 4) is 5.75 Å². The fourth-order valence-electron chi connectivity index (χ4n) is 2.63. The Bertz CT molecular complexity index is 441. The fourth-order valence-corrected chi connectivity index (χ4v) is 2.63. The van der Waals surface area contributed by atoms with Gasteiger partial charge in [0.2, 0.25) is 5.91 Å². The number of hydrogen-bond acceptors (Lipinski definition) is 3. The lowest BCUT2D eigenvalue weighted by Gasteiger charge is -2.23. The Hall–Kier alpha value is -1.55. The van der Waals surface area contributed by atoms with E-state index in [0.717, 1.165) is 30.7 Å². The van der Waals surface area contributed by atoms with Crippen LogP contribution in [0, 0.1) is 0 Å². The first kappa shape index (κ1) is 11.5. The maximum atomic E-state index is 12.4. The Labute approximate surface area is 107 Å². The number of carbonyl (C=O) groups excluding carboxylic acids is 1. The molecule has 2 aliphatic rings. The van der Waals surface area contributed by atoms with Crippen LogP contribution in [-0.4, -0.2) is 36.5 Å². The highest BCUT2D eigenvalue weighted by atomic mass is 16.5. The highest BCUT2D eigenvalue weighted by molar-refractivity contribution is 5.82. The molecule has 0 spiro atoms. The SMILES string of the molecule is O=C([C@@H]1CCCN1)N1CCOc2ccccc2C1. The summed E-state index contributed by atoms with van der Waals surface area (Å²) in [6.07, 6.45) is 2.05. The molecule has 0 aliphatic carbocycles. The van der Waals surface area contributed by atoms with Crippen molar-refractivity contribution in [2.75, 3.05) is 19.7 Å². The maximum Gasteiger partial charge on any atom is 0.240 e.